The van der Waals surface area contributed by atoms with E-state index in [-0.39, 0.29) is 17.7 Å². The molecule has 6 heteroatoms. The van der Waals surface area contributed by atoms with Crippen molar-refractivity contribution in [3.63, 3.8) is 0 Å². The number of piperidine rings is 1. The third-order valence-corrected chi connectivity index (χ3v) is 5.63. The molecule has 1 heterocycles. The molecule has 0 aliphatic carbocycles. The van der Waals surface area contributed by atoms with Crippen molar-refractivity contribution >= 4 is 40.9 Å². The van der Waals surface area contributed by atoms with Crippen molar-refractivity contribution in [3.8, 4) is 0 Å². The highest BCUT2D eigenvalue weighted by molar-refractivity contribution is 8.00. The van der Waals surface area contributed by atoms with E-state index in [4.69, 9.17) is 11.6 Å². The molecule has 2 amide bonds. The lowest BCUT2D eigenvalue weighted by atomic mass is 9.96. The van der Waals surface area contributed by atoms with Gasteiger partial charge >= 0.3 is 0 Å². The molecule has 0 bridgehead atoms. The maximum absolute atomic E-state index is 12.4. The second-order valence-electron chi connectivity index (χ2n) is 6.26. The molecular formula is C20H21ClN2O2S. The van der Waals surface area contributed by atoms with Crippen LogP contribution in [-0.2, 0) is 9.59 Å². The number of carbonyl (C=O) groups is 2. The molecule has 0 unspecified atom stereocenters. The standard InChI is InChI=1S/C20H21ClN2O2S/c21-16-5-4-8-18(13-16)26-14-19(24)23-11-9-15(10-12-23)20(25)22-17-6-2-1-3-7-17/h1-8,13,15H,9-12,14H2,(H,22,25). The summed E-state index contributed by atoms with van der Waals surface area (Å²) < 4.78 is 0. The zero-order valence-electron chi connectivity index (χ0n) is 14.4. The molecule has 136 valence electrons. The Morgan fingerprint density at radius 1 is 1.08 bits per heavy atom. The Hall–Kier alpha value is -1.98. The van der Waals surface area contributed by atoms with Crippen molar-refractivity contribution < 1.29 is 9.59 Å². The molecule has 2 aromatic rings. The third kappa shape index (κ3) is 5.26. The molecule has 0 radical (unpaired) electrons. The third-order valence-electron chi connectivity index (χ3n) is 4.42. The number of rotatable bonds is 5. The summed E-state index contributed by atoms with van der Waals surface area (Å²) in [7, 11) is 0. The van der Waals surface area contributed by atoms with E-state index in [1.165, 1.54) is 11.8 Å². The number of benzene rings is 2. The molecule has 0 saturated carbocycles. The molecule has 1 aliphatic rings. The second kappa shape index (κ2) is 9.10. The molecule has 26 heavy (non-hydrogen) atoms. The fourth-order valence-corrected chi connectivity index (χ4v) is 4.06. The van der Waals surface area contributed by atoms with Gasteiger partial charge in [0.15, 0.2) is 0 Å². The van der Waals surface area contributed by atoms with E-state index in [1.807, 2.05) is 59.5 Å². The lowest BCUT2D eigenvalue weighted by Crippen LogP contribution is -2.42. The summed E-state index contributed by atoms with van der Waals surface area (Å²) in [4.78, 5) is 27.6. The highest BCUT2D eigenvalue weighted by atomic mass is 35.5. The molecule has 0 atom stereocenters. The first-order chi connectivity index (χ1) is 12.6. The van der Waals surface area contributed by atoms with Gasteiger partial charge in [-0.3, -0.25) is 9.59 Å². The van der Waals surface area contributed by atoms with Crippen molar-refractivity contribution in [2.24, 2.45) is 5.92 Å². The minimum absolute atomic E-state index is 0.0385. The smallest absolute Gasteiger partial charge is 0.232 e. The molecule has 4 nitrogen and oxygen atoms in total. The average molecular weight is 389 g/mol. The molecule has 3 rings (SSSR count). The van der Waals surface area contributed by atoms with Crippen molar-refractivity contribution in [2.45, 2.75) is 17.7 Å². The Bertz CT molecular complexity index is 761. The van der Waals surface area contributed by atoms with Crippen LogP contribution in [0.1, 0.15) is 12.8 Å². The van der Waals surface area contributed by atoms with Crippen LogP contribution >= 0.6 is 23.4 Å². The van der Waals surface area contributed by atoms with Gasteiger partial charge in [0.05, 0.1) is 5.75 Å². The fraction of sp³-hybridized carbons (Fsp3) is 0.300. The number of hydrogen-bond donors (Lipinski definition) is 1. The van der Waals surface area contributed by atoms with Crippen LogP contribution in [0.25, 0.3) is 0 Å². The van der Waals surface area contributed by atoms with Crippen LogP contribution in [-0.4, -0.2) is 35.6 Å². The predicted molar refractivity (Wildman–Crippen MR) is 107 cm³/mol. The zero-order chi connectivity index (χ0) is 18.4. The van der Waals surface area contributed by atoms with E-state index in [2.05, 4.69) is 5.32 Å². The summed E-state index contributed by atoms with van der Waals surface area (Å²) in [6, 6.07) is 17.0. The van der Waals surface area contributed by atoms with Crippen LogP contribution in [0.2, 0.25) is 5.02 Å². The molecule has 1 N–H and O–H groups in total. The van der Waals surface area contributed by atoms with Crippen molar-refractivity contribution in [1.29, 1.82) is 0 Å². The first-order valence-corrected chi connectivity index (χ1v) is 10.0. The van der Waals surface area contributed by atoms with Gasteiger partial charge in [0, 0.05) is 34.6 Å². The Kier molecular flexibility index (Phi) is 6.58. The topological polar surface area (TPSA) is 49.4 Å². The van der Waals surface area contributed by atoms with Gasteiger partial charge < -0.3 is 10.2 Å². The zero-order valence-corrected chi connectivity index (χ0v) is 15.9. The highest BCUT2D eigenvalue weighted by Crippen LogP contribution is 2.24. The molecule has 1 aliphatic heterocycles. The van der Waals surface area contributed by atoms with E-state index >= 15 is 0 Å². The monoisotopic (exact) mass is 388 g/mol. The number of likely N-dealkylation sites (tertiary alicyclic amines) is 1. The number of amides is 2. The Balaban J connectivity index is 1.44. The van der Waals surface area contributed by atoms with Crippen LogP contribution in [0.15, 0.2) is 59.5 Å². The summed E-state index contributed by atoms with van der Waals surface area (Å²) in [5.41, 5.74) is 0.814. The lowest BCUT2D eigenvalue weighted by Gasteiger charge is -2.31. The highest BCUT2D eigenvalue weighted by Gasteiger charge is 2.27. The fourth-order valence-electron chi connectivity index (χ4n) is 2.95. The quantitative estimate of drug-likeness (QED) is 0.776. The largest absolute Gasteiger partial charge is 0.342 e. The Morgan fingerprint density at radius 3 is 2.50 bits per heavy atom. The predicted octanol–water partition coefficient (Wildman–Crippen LogP) is 4.31. The van der Waals surface area contributed by atoms with Gasteiger partial charge in [0.25, 0.3) is 0 Å². The molecular weight excluding hydrogens is 368 g/mol. The van der Waals surface area contributed by atoms with Gasteiger partial charge in [-0.15, -0.1) is 11.8 Å². The number of halogens is 1. The maximum Gasteiger partial charge on any atom is 0.232 e. The van der Waals surface area contributed by atoms with Gasteiger partial charge in [-0.2, -0.15) is 0 Å². The normalized spacial score (nSPS) is 14.9. The molecule has 1 fully saturated rings. The summed E-state index contributed by atoms with van der Waals surface area (Å²) in [5, 5.41) is 3.62. The van der Waals surface area contributed by atoms with Gasteiger partial charge in [-0.25, -0.2) is 0 Å². The number of para-hydroxylation sites is 1. The van der Waals surface area contributed by atoms with Crippen LogP contribution in [0.5, 0.6) is 0 Å². The molecule has 0 spiro atoms. The number of nitrogens with one attached hydrogen (secondary N) is 1. The summed E-state index contributed by atoms with van der Waals surface area (Å²) in [6.45, 7) is 1.25. The van der Waals surface area contributed by atoms with Crippen LogP contribution in [0.3, 0.4) is 0 Å². The SMILES string of the molecule is O=C(Nc1ccccc1)C1CCN(C(=O)CSc2cccc(Cl)c2)CC1. The van der Waals surface area contributed by atoms with Gasteiger partial charge in [0.1, 0.15) is 0 Å². The lowest BCUT2D eigenvalue weighted by molar-refractivity contribution is -0.132. The van der Waals surface area contributed by atoms with Crippen LogP contribution < -0.4 is 5.32 Å². The molecule has 2 aromatic carbocycles. The van der Waals surface area contributed by atoms with Gasteiger partial charge in [-0.05, 0) is 43.2 Å². The summed E-state index contributed by atoms with van der Waals surface area (Å²) in [5.74, 6) is 0.495. The van der Waals surface area contributed by atoms with E-state index in [1.54, 1.807) is 0 Å². The van der Waals surface area contributed by atoms with E-state index in [0.717, 1.165) is 10.6 Å². The Labute approximate surface area is 162 Å². The maximum atomic E-state index is 12.4. The van der Waals surface area contributed by atoms with Crippen molar-refractivity contribution in [2.75, 3.05) is 24.2 Å². The average Bonchev–Trinajstić information content (AvgIpc) is 2.67. The van der Waals surface area contributed by atoms with Crippen molar-refractivity contribution in [1.82, 2.24) is 4.90 Å². The number of carbonyl (C=O) groups excluding carboxylic acids is 2. The minimum Gasteiger partial charge on any atom is -0.342 e. The number of anilines is 1. The van der Waals surface area contributed by atoms with E-state index in [0.29, 0.717) is 36.7 Å². The van der Waals surface area contributed by atoms with Crippen LogP contribution in [0.4, 0.5) is 5.69 Å². The second-order valence-corrected chi connectivity index (χ2v) is 7.74. The van der Waals surface area contributed by atoms with Crippen LogP contribution in [0, 0.1) is 5.92 Å². The Morgan fingerprint density at radius 2 is 1.81 bits per heavy atom. The van der Waals surface area contributed by atoms with Crippen molar-refractivity contribution in [3.05, 3.63) is 59.6 Å². The number of nitrogens with zero attached hydrogens (tertiary/aromatic N) is 1. The van der Waals surface area contributed by atoms with Gasteiger partial charge in [0.2, 0.25) is 11.8 Å². The molecule has 0 aromatic heterocycles. The van der Waals surface area contributed by atoms with Gasteiger partial charge in [-0.1, -0.05) is 35.9 Å². The van der Waals surface area contributed by atoms with E-state index in [9.17, 15) is 9.59 Å². The summed E-state index contributed by atoms with van der Waals surface area (Å²) in [6.07, 6.45) is 1.40. The summed E-state index contributed by atoms with van der Waals surface area (Å²) >= 11 is 7.46. The minimum atomic E-state index is -0.0418. The van der Waals surface area contributed by atoms with E-state index < -0.39 is 0 Å². The first kappa shape index (κ1) is 18.8. The first-order valence-electron chi connectivity index (χ1n) is 8.64. The number of hydrogen-bond acceptors (Lipinski definition) is 3. The molecule has 1 saturated heterocycles. The number of thioether (sulfide) groups is 1.